The van der Waals surface area contributed by atoms with Gasteiger partial charge in [0, 0.05) is 55.8 Å². The van der Waals surface area contributed by atoms with Crippen LogP contribution in [0.3, 0.4) is 0 Å². The normalized spacial score (nSPS) is 21.0. The average molecular weight is 332 g/mol. The second-order valence-electron chi connectivity index (χ2n) is 6.37. The summed E-state index contributed by atoms with van der Waals surface area (Å²) in [5.74, 6) is 1.08. The number of rotatable bonds is 2. The van der Waals surface area contributed by atoms with Gasteiger partial charge in [0.15, 0.2) is 0 Å². The summed E-state index contributed by atoms with van der Waals surface area (Å²) in [7, 11) is 0. The van der Waals surface area contributed by atoms with E-state index in [0.717, 1.165) is 61.1 Å². The highest BCUT2D eigenvalue weighted by Crippen LogP contribution is 2.23. The first-order valence-corrected chi connectivity index (χ1v) is 8.80. The molecule has 0 saturated carbocycles. The fourth-order valence-corrected chi connectivity index (χ4v) is 3.81. The Morgan fingerprint density at radius 1 is 1.00 bits per heavy atom. The van der Waals surface area contributed by atoms with E-state index in [0.29, 0.717) is 6.04 Å². The fourth-order valence-electron chi connectivity index (χ4n) is 3.63. The Morgan fingerprint density at radius 3 is 2.57 bits per heavy atom. The summed E-state index contributed by atoms with van der Waals surface area (Å²) >= 11 is 6.04. The summed E-state index contributed by atoms with van der Waals surface area (Å²) in [6.45, 7) is 6.16. The van der Waals surface area contributed by atoms with Gasteiger partial charge in [-0.15, -0.1) is 0 Å². The Labute approximate surface area is 142 Å². The Balaban J connectivity index is 1.44. The van der Waals surface area contributed by atoms with E-state index in [1.165, 1.54) is 12.8 Å². The fraction of sp³-hybridized carbons (Fsp3) is 0.500. The van der Waals surface area contributed by atoms with Gasteiger partial charge in [0.2, 0.25) is 0 Å². The van der Waals surface area contributed by atoms with Crippen LogP contribution in [-0.2, 0) is 4.74 Å². The van der Waals surface area contributed by atoms with Crippen LogP contribution in [0.25, 0.3) is 10.9 Å². The Kier molecular flexibility index (Phi) is 4.38. The van der Waals surface area contributed by atoms with E-state index in [-0.39, 0.29) is 0 Å². The third-order valence-electron chi connectivity index (χ3n) is 4.98. The molecular formula is C18H22ClN3O. The van der Waals surface area contributed by atoms with Crippen molar-refractivity contribution in [3.8, 4) is 0 Å². The number of benzene rings is 1. The van der Waals surface area contributed by atoms with Crippen LogP contribution in [0.15, 0.2) is 30.3 Å². The zero-order valence-electron chi connectivity index (χ0n) is 13.2. The highest BCUT2D eigenvalue weighted by Gasteiger charge is 2.25. The molecule has 0 bridgehead atoms. The van der Waals surface area contributed by atoms with Crippen LogP contribution in [0.4, 0.5) is 5.82 Å². The lowest BCUT2D eigenvalue weighted by atomic mass is 10.1. The molecular weight excluding hydrogens is 310 g/mol. The molecule has 1 aromatic carbocycles. The van der Waals surface area contributed by atoms with Gasteiger partial charge in [-0.1, -0.05) is 11.6 Å². The van der Waals surface area contributed by atoms with Crippen molar-refractivity contribution in [2.45, 2.75) is 18.9 Å². The van der Waals surface area contributed by atoms with E-state index in [9.17, 15) is 0 Å². The number of piperazine rings is 1. The van der Waals surface area contributed by atoms with Crippen molar-refractivity contribution in [3.05, 3.63) is 35.4 Å². The molecule has 2 aromatic rings. The van der Waals surface area contributed by atoms with Crippen molar-refractivity contribution in [2.75, 3.05) is 44.3 Å². The lowest BCUT2D eigenvalue weighted by Gasteiger charge is -2.41. The summed E-state index contributed by atoms with van der Waals surface area (Å²) < 4.78 is 5.47. The maximum absolute atomic E-state index is 6.04. The highest BCUT2D eigenvalue weighted by atomic mass is 35.5. The second kappa shape index (κ2) is 6.63. The van der Waals surface area contributed by atoms with Crippen molar-refractivity contribution in [3.63, 3.8) is 0 Å². The lowest BCUT2D eigenvalue weighted by molar-refractivity contribution is 0.0321. The summed E-state index contributed by atoms with van der Waals surface area (Å²) in [5, 5.41) is 1.86. The number of aromatic nitrogens is 1. The lowest BCUT2D eigenvalue weighted by Crippen LogP contribution is -2.51. The van der Waals surface area contributed by atoms with Gasteiger partial charge in [0.25, 0.3) is 0 Å². The first-order chi connectivity index (χ1) is 11.3. The molecule has 0 amide bonds. The Bertz CT molecular complexity index is 679. The van der Waals surface area contributed by atoms with Crippen LogP contribution in [0.1, 0.15) is 12.8 Å². The molecule has 0 radical (unpaired) electrons. The number of nitrogens with zero attached hydrogens (tertiary/aromatic N) is 3. The smallest absolute Gasteiger partial charge is 0.129 e. The number of hydrogen-bond donors (Lipinski definition) is 0. The molecule has 0 atom stereocenters. The molecule has 0 spiro atoms. The van der Waals surface area contributed by atoms with Crippen LogP contribution >= 0.6 is 11.6 Å². The van der Waals surface area contributed by atoms with Gasteiger partial charge in [-0.2, -0.15) is 0 Å². The van der Waals surface area contributed by atoms with E-state index in [1.54, 1.807) is 0 Å². The molecule has 2 saturated heterocycles. The van der Waals surface area contributed by atoms with E-state index in [2.05, 4.69) is 21.9 Å². The minimum absolute atomic E-state index is 0.706. The van der Waals surface area contributed by atoms with Crippen LogP contribution < -0.4 is 4.90 Å². The molecule has 3 heterocycles. The van der Waals surface area contributed by atoms with Gasteiger partial charge >= 0.3 is 0 Å². The molecule has 5 heteroatoms. The van der Waals surface area contributed by atoms with Crippen LogP contribution in [0.5, 0.6) is 0 Å². The van der Waals surface area contributed by atoms with Crippen LogP contribution in [0.2, 0.25) is 5.02 Å². The number of halogens is 1. The Hall–Kier alpha value is -1.36. The predicted octanol–water partition coefficient (Wildman–Crippen LogP) is 3.19. The predicted molar refractivity (Wildman–Crippen MR) is 94.4 cm³/mol. The zero-order valence-corrected chi connectivity index (χ0v) is 14.0. The van der Waals surface area contributed by atoms with Gasteiger partial charge in [-0.25, -0.2) is 4.98 Å². The van der Waals surface area contributed by atoms with E-state index in [4.69, 9.17) is 21.3 Å². The molecule has 4 nitrogen and oxygen atoms in total. The topological polar surface area (TPSA) is 28.6 Å². The van der Waals surface area contributed by atoms with Crippen molar-refractivity contribution in [1.29, 1.82) is 0 Å². The van der Waals surface area contributed by atoms with Gasteiger partial charge in [-0.05, 0) is 43.2 Å². The molecule has 23 heavy (non-hydrogen) atoms. The third-order valence-corrected chi connectivity index (χ3v) is 5.22. The largest absolute Gasteiger partial charge is 0.381 e. The number of pyridine rings is 1. The van der Waals surface area contributed by atoms with Crippen molar-refractivity contribution >= 4 is 28.3 Å². The van der Waals surface area contributed by atoms with Crippen LogP contribution in [0, 0.1) is 0 Å². The minimum Gasteiger partial charge on any atom is -0.381 e. The molecule has 0 aliphatic carbocycles. The molecule has 1 aromatic heterocycles. The number of ether oxygens (including phenoxy) is 1. The summed E-state index contributed by atoms with van der Waals surface area (Å²) in [4.78, 5) is 9.82. The number of anilines is 1. The van der Waals surface area contributed by atoms with Crippen molar-refractivity contribution in [1.82, 2.24) is 9.88 Å². The quantitative estimate of drug-likeness (QED) is 0.845. The second-order valence-corrected chi connectivity index (χ2v) is 6.81. The first kappa shape index (κ1) is 15.2. The number of hydrogen-bond acceptors (Lipinski definition) is 4. The van der Waals surface area contributed by atoms with Crippen molar-refractivity contribution in [2.24, 2.45) is 0 Å². The van der Waals surface area contributed by atoms with E-state index < -0.39 is 0 Å². The standard InChI is InChI=1S/C18H22ClN3O/c19-15-2-3-17-14(13-15)1-4-18(20-17)22-9-7-21(8-10-22)16-5-11-23-12-6-16/h1-4,13,16H,5-12H2. The summed E-state index contributed by atoms with van der Waals surface area (Å²) in [6.07, 6.45) is 2.35. The zero-order chi connectivity index (χ0) is 15.6. The van der Waals surface area contributed by atoms with E-state index >= 15 is 0 Å². The molecule has 2 aliphatic heterocycles. The Morgan fingerprint density at radius 2 is 1.78 bits per heavy atom. The highest BCUT2D eigenvalue weighted by molar-refractivity contribution is 6.31. The average Bonchev–Trinajstić information content (AvgIpc) is 2.62. The maximum Gasteiger partial charge on any atom is 0.129 e. The summed E-state index contributed by atoms with van der Waals surface area (Å²) in [6, 6.07) is 10.8. The monoisotopic (exact) mass is 331 g/mol. The van der Waals surface area contributed by atoms with Gasteiger partial charge in [-0.3, -0.25) is 4.90 Å². The van der Waals surface area contributed by atoms with Gasteiger partial charge in [0.05, 0.1) is 5.52 Å². The molecule has 4 rings (SSSR count). The first-order valence-electron chi connectivity index (χ1n) is 8.43. The molecule has 122 valence electrons. The molecule has 0 N–H and O–H groups in total. The molecule has 2 aliphatic rings. The molecule has 2 fully saturated rings. The summed E-state index contributed by atoms with van der Waals surface area (Å²) in [5.41, 5.74) is 1.01. The van der Waals surface area contributed by atoms with Gasteiger partial charge in [0.1, 0.15) is 5.82 Å². The van der Waals surface area contributed by atoms with Gasteiger partial charge < -0.3 is 9.64 Å². The van der Waals surface area contributed by atoms with Crippen molar-refractivity contribution < 1.29 is 4.74 Å². The SMILES string of the molecule is Clc1ccc2nc(N3CCN(C4CCOCC4)CC3)ccc2c1. The maximum atomic E-state index is 6.04. The third kappa shape index (κ3) is 3.30. The molecule has 0 unspecified atom stereocenters. The van der Waals surface area contributed by atoms with E-state index in [1.807, 2.05) is 18.2 Å². The minimum atomic E-state index is 0.706. The van der Waals surface area contributed by atoms with Crippen LogP contribution in [-0.4, -0.2) is 55.3 Å². The number of fused-ring (bicyclic) bond motifs is 1.